The molecule has 0 aliphatic carbocycles. The second-order valence-corrected chi connectivity index (χ2v) is 5.72. The Morgan fingerprint density at radius 3 is 3.05 bits per heavy atom. The van der Waals surface area contributed by atoms with E-state index in [2.05, 4.69) is 33.1 Å². The predicted molar refractivity (Wildman–Crippen MR) is 79.9 cm³/mol. The van der Waals surface area contributed by atoms with Crippen LogP contribution < -0.4 is 5.32 Å². The average molecular weight is 327 g/mol. The molecular weight excluding hydrogens is 308 g/mol. The molecule has 104 valence electrons. The first-order valence-corrected chi connectivity index (χ1v) is 7.42. The maximum atomic E-state index is 11.2. The van der Waals surface area contributed by atoms with Gasteiger partial charge in [0, 0.05) is 22.7 Å². The minimum absolute atomic E-state index is 0.315. The number of nitrogens with zero attached hydrogens (tertiary/aromatic N) is 1. The van der Waals surface area contributed by atoms with Gasteiger partial charge in [-0.3, -0.25) is 4.90 Å². The molecule has 1 unspecified atom stereocenters. The van der Waals surface area contributed by atoms with Crippen molar-refractivity contribution in [2.75, 3.05) is 25.0 Å². The first-order valence-electron chi connectivity index (χ1n) is 6.62. The molecule has 1 fully saturated rings. The van der Waals surface area contributed by atoms with Crippen molar-refractivity contribution in [2.24, 2.45) is 0 Å². The van der Waals surface area contributed by atoms with E-state index in [9.17, 15) is 9.90 Å². The normalized spacial score (nSPS) is 19.6. The summed E-state index contributed by atoms with van der Waals surface area (Å²) in [5, 5.41) is 12.5. The Morgan fingerprint density at radius 2 is 2.37 bits per heavy atom. The summed E-state index contributed by atoms with van der Waals surface area (Å²) in [7, 11) is 0. The zero-order chi connectivity index (χ0) is 13.8. The molecule has 0 amide bonds. The smallest absolute Gasteiger partial charge is 0.337 e. The monoisotopic (exact) mass is 326 g/mol. The van der Waals surface area contributed by atoms with Gasteiger partial charge in [-0.05, 0) is 44.1 Å². The Balaban J connectivity index is 2.05. The number of likely N-dealkylation sites (tertiary alicyclic amines) is 1. The van der Waals surface area contributed by atoms with Crippen LogP contribution in [0.15, 0.2) is 22.7 Å². The van der Waals surface area contributed by atoms with E-state index in [-0.39, 0.29) is 0 Å². The molecule has 1 aliphatic heterocycles. The topological polar surface area (TPSA) is 52.6 Å². The van der Waals surface area contributed by atoms with Crippen molar-refractivity contribution in [3.05, 3.63) is 28.2 Å². The second kappa shape index (κ2) is 6.39. The third kappa shape index (κ3) is 3.48. The Bertz CT molecular complexity index is 465. The summed E-state index contributed by atoms with van der Waals surface area (Å²) in [6, 6.07) is 5.83. The number of anilines is 1. The second-order valence-electron chi connectivity index (χ2n) is 4.80. The Hall–Kier alpha value is -1.07. The molecule has 4 nitrogen and oxygen atoms in total. The number of carboxylic acids is 1. The van der Waals surface area contributed by atoms with Crippen molar-refractivity contribution < 1.29 is 9.90 Å². The van der Waals surface area contributed by atoms with Gasteiger partial charge in [-0.25, -0.2) is 4.79 Å². The summed E-state index contributed by atoms with van der Waals surface area (Å²) in [5.74, 6) is -0.900. The SMILES string of the molecule is CCN1CCCC1CNc1ccc(Br)cc1C(=O)O. The van der Waals surface area contributed by atoms with Gasteiger partial charge < -0.3 is 10.4 Å². The maximum absolute atomic E-state index is 11.2. The molecule has 2 rings (SSSR count). The van der Waals surface area contributed by atoms with E-state index in [0.29, 0.717) is 17.3 Å². The quantitative estimate of drug-likeness (QED) is 0.873. The Morgan fingerprint density at radius 1 is 1.58 bits per heavy atom. The molecule has 0 bridgehead atoms. The molecule has 0 radical (unpaired) electrons. The molecule has 0 saturated carbocycles. The van der Waals surface area contributed by atoms with Crippen molar-refractivity contribution in [2.45, 2.75) is 25.8 Å². The summed E-state index contributed by atoms with van der Waals surface area (Å²) < 4.78 is 0.784. The molecule has 5 heteroatoms. The lowest BCUT2D eigenvalue weighted by molar-refractivity contribution is 0.0698. The van der Waals surface area contributed by atoms with Gasteiger partial charge in [0.25, 0.3) is 0 Å². The highest BCUT2D eigenvalue weighted by Gasteiger charge is 2.23. The summed E-state index contributed by atoms with van der Waals surface area (Å²) >= 11 is 3.30. The minimum atomic E-state index is -0.900. The zero-order valence-electron chi connectivity index (χ0n) is 11.0. The third-order valence-corrected chi connectivity index (χ3v) is 4.14. The summed E-state index contributed by atoms with van der Waals surface area (Å²) in [6.07, 6.45) is 2.41. The fraction of sp³-hybridized carbons (Fsp3) is 0.500. The van der Waals surface area contributed by atoms with Crippen LogP contribution in [0.1, 0.15) is 30.1 Å². The minimum Gasteiger partial charge on any atom is -0.478 e. The lowest BCUT2D eigenvalue weighted by Crippen LogP contribution is -2.34. The highest BCUT2D eigenvalue weighted by molar-refractivity contribution is 9.10. The van der Waals surface area contributed by atoms with Gasteiger partial charge in [0.15, 0.2) is 0 Å². The average Bonchev–Trinajstić information content (AvgIpc) is 2.84. The number of likely N-dealkylation sites (N-methyl/N-ethyl adjacent to an activating group) is 1. The van der Waals surface area contributed by atoms with Crippen LogP contribution in [0.2, 0.25) is 0 Å². The first-order chi connectivity index (χ1) is 9.11. The van der Waals surface area contributed by atoms with Crippen molar-refractivity contribution in [1.29, 1.82) is 0 Å². The van der Waals surface area contributed by atoms with E-state index >= 15 is 0 Å². The number of rotatable bonds is 5. The van der Waals surface area contributed by atoms with Gasteiger partial charge in [-0.15, -0.1) is 0 Å². The summed E-state index contributed by atoms with van der Waals surface area (Å²) in [6.45, 7) is 5.17. The van der Waals surface area contributed by atoms with Gasteiger partial charge in [0.05, 0.1) is 5.56 Å². The number of halogens is 1. The molecule has 1 atom stereocenters. The highest BCUT2D eigenvalue weighted by atomic mass is 79.9. The van der Waals surface area contributed by atoms with Crippen molar-refractivity contribution in [3.8, 4) is 0 Å². The first kappa shape index (κ1) is 14.3. The van der Waals surface area contributed by atoms with E-state index < -0.39 is 5.97 Å². The molecule has 19 heavy (non-hydrogen) atoms. The van der Waals surface area contributed by atoms with Crippen molar-refractivity contribution >= 4 is 27.6 Å². The van der Waals surface area contributed by atoms with Crippen LogP contribution >= 0.6 is 15.9 Å². The van der Waals surface area contributed by atoms with Gasteiger partial charge in [0.1, 0.15) is 0 Å². The molecular formula is C14H19BrN2O2. The number of nitrogens with one attached hydrogen (secondary N) is 1. The van der Waals surface area contributed by atoms with Gasteiger partial charge in [0.2, 0.25) is 0 Å². The molecule has 1 aliphatic rings. The summed E-state index contributed by atoms with van der Waals surface area (Å²) in [5.41, 5.74) is 1.01. The van der Waals surface area contributed by atoms with E-state index in [1.807, 2.05) is 12.1 Å². The number of carbonyl (C=O) groups is 1. The standard InChI is InChI=1S/C14H19BrN2O2/c1-2-17-7-3-4-11(17)9-16-13-6-5-10(15)8-12(13)14(18)19/h5-6,8,11,16H,2-4,7,9H2,1H3,(H,18,19). The van der Waals surface area contributed by atoms with Gasteiger partial charge in [-0.2, -0.15) is 0 Å². The number of carboxylic acid groups (broad SMARTS) is 1. The number of hydrogen-bond donors (Lipinski definition) is 2. The van der Waals surface area contributed by atoms with Crippen LogP contribution in [-0.2, 0) is 0 Å². The maximum Gasteiger partial charge on any atom is 0.337 e. The molecule has 1 heterocycles. The largest absolute Gasteiger partial charge is 0.478 e. The van der Waals surface area contributed by atoms with Gasteiger partial charge >= 0.3 is 5.97 Å². The third-order valence-electron chi connectivity index (χ3n) is 3.65. The van der Waals surface area contributed by atoms with Crippen molar-refractivity contribution in [1.82, 2.24) is 4.90 Å². The Kier molecular flexibility index (Phi) is 4.82. The number of aromatic carboxylic acids is 1. The van der Waals surface area contributed by atoms with E-state index in [0.717, 1.165) is 24.1 Å². The van der Waals surface area contributed by atoms with Crippen LogP contribution in [0.3, 0.4) is 0 Å². The predicted octanol–water partition coefficient (Wildman–Crippen LogP) is 3.04. The molecule has 0 aromatic heterocycles. The van der Waals surface area contributed by atoms with Crippen LogP contribution in [-0.4, -0.2) is 41.7 Å². The zero-order valence-corrected chi connectivity index (χ0v) is 12.6. The van der Waals surface area contributed by atoms with Crippen LogP contribution in [0, 0.1) is 0 Å². The fourth-order valence-corrected chi connectivity index (χ4v) is 2.98. The summed E-state index contributed by atoms with van der Waals surface area (Å²) in [4.78, 5) is 13.7. The van der Waals surface area contributed by atoms with Gasteiger partial charge in [-0.1, -0.05) is 22.9 Å². The van der Waals surface area contributed by atoms with E-state index in [1.165, 1.54) is 12.8 Å². The molecule has 1 aromatic rings. The molecule has 0 spiro atoms. The van der Waals surface area contributed by atoms with Crippen LogP contribution in [0.5, 0.6) is 0 Å². The number of hydrogen-bond acceptors (Lipinski definition) is 3. The Labute approximate surface area is 121 Å². The fourth-order valence-electron chi connectivity index (χ4n) is 2.62. The lowest BCUT2D eigenvalue weighted by Gasteiger charge is -2.23. The lowest BCUT2D eigenvalue weighted by atomic mass is 10.1. The van der Waals surface area contributed by atoms with Crippen molar-refractivity contribution in [3.63, 3.8) is 0 Å². The van der Waals surface area contributed by atoms with Crippen LogP contribution in [0.25, 0.3) is 0 Å². The highest BCUT2D eigenvalue weighted by Crippen LogP contribution is 2.23. The van der Waals surface area contributed by atoms with E-state index in [1.54, 1.807) is 6.07 Å². The number of benzene rings is 1. The molecule has 1 saturated heterocycles. The van der Waals surface area contributed by atoms with E-state index in [4.69, 9.17) is 0 Å². The van der Waals surface area contributed by atoms with Crippen LogP contribution in [0.4, 0.5) is 5.69 Å². The molecule has 2 N–H and O–H groups in total. The molecule has 1 aromatic carbocycles.